The molecule has 1 aromatic carbocycles. The first-order valence-electron chi connectivity index (χ1n) is 15.0. The van der Waals surface area contributed by atoms with E-state index in [1.54, 1.807) is 6.92 Å². The maximum atomic E-state index is 13.6. The van der Waals surface area contributed by atoms with Gasteiger partial charge >= 0.3 is 5.97 Å². The number of hydrogen-bond acceptors (Lipinski definition) is 7. The first-order chi connectivity index (χ1) is 19.7. The molecule has 1 aliphatic heterocycles. The number of carbonyl (C=O) groups excluding carboxylic acids is 4. The lowest BCUT2D eigenvalue weighted by Gasteiger charge is -2.32. The fraction of sp³-hybridized carbons (Fsp3) is 0.625. The summed E-state index contributed by atoms with van der Waals surface area (Å²) < 4.78 is 4.85. The molecule has 3 amide bonds. The Bertz CT molecular complexity index is 1090. The summed E-state index contributed by atoms with van der Waals surface area (Å²) >= 11 is 0. The number of rotatable bonds is 13. The molecule has 0 fully saturated rings. The summed E-state index contributed by atoms with van der Waals surface area (Å²) in [5, 5.41) is 8.71. The highest BCUT2D eigenvalue weighted by atomic mass is 16.5. The molecule has 10 heteroatoms. The van der Waals surface area contributed by atoms with Crippen LogP contribution in [-0.2, 0) is 30.3 Å². The molecule has 1 aliphatic rings. The van der Waals surface area contributed by atoms with Crippen molar-refractivity contribution in [3.05, 3.63) is 47.5 Å². The molecule has 0 radical (unpaired) electrons. The summed E-state index contributed by atoms with van der Waals surface area (Å²) in [6, 6.07) is 7.25. The molecule has 0 saturated heterocycles. The fourth-order valence-electron chi connectivity index (χ4n) is 5.14. The second kappa shape index (κ2) is 16.4. The van der Waals surface area contributed by atoms with E-state index in [-0.39, 0.29) is 35.6 Å². The smallest absolute Gasteiger partial charge is 0.328 e. The maximum Gasteiger partial charge on any atom is 0.328 e. The number of nitrogens with zero attached hydrogens (tertiary/aromatic N) is 1. The van der Waals surface area contributed by atoms with Crippen LogP contribution in [0.2, 0.25) is 0 Å². The molecule has 0 saturated carbocycles. The largest absolute Gasteiger partial charge is 0.467 e. The van der Waals surface area contributed by atoms with Gasteiger partial charge in [-0.25, -0.2) is 4.79 Å². The zero-order valence-corrected chi connectivity index (χ0v) is 26.5. The van der Waals surface area contributed by atoms with Crippen molar-refractivity contribution in [1.29, 1.82) is 0 Å². The highest BCUT2D eigenvalue weighted by molar-refractivity contribution is 5.92. The number of benzene rings is 1. The van der Waals surface area contributed by atoms with Crippen molar-refractivity contribution in [2.45, 2.75) is 91.5 Å². The maximum absolute atomic E-state index is 13.6. The Morgan fingerprint density at radius 3 is 2.02 bits per heavy atom. The molecule has 0 aliphatic carbocycles. The third kappa shape index (κ3) is 10.2. The van der Waals surface area contributed by atoms with Gasteiger partial charge in [-0.1, -0.05) is 69.7 Å². The number of ether oxygens (including phenoxy) is 1. The summed E-state index contributed by atoms with van der Waals surface area (Å²) in [7, 11) is 1.28. The van der Waals surface area contributed by atoms with Crippen LogP contribution in [0.5, 0.6) is 0 Å². The van der Waals surface area contributed by atoms with Crippen LogP contribution in [-0.4, -0.2) is 79.0 Å². The van der Waals surface area contributed by atoms with Gasteiger partial charge in [0.2, 0.25) is 17.7 Å². The van der Waals surface area contributed by atoms with Crippen LogP contribution in [0.15, 0.2) is 42.0 Å². The second-order valence-corrected chi connectivity index (χ2v) is 12.1. The number of nitrogens with two attached hydrogens (primary N) is 1. The van der Waals surface area contributed by atoms with E-state index in [9.17, 15) is 19.2 Å². The van der Waals surface area contributed by atoms with Gasteiger partial charge in [0.05, 0.1) is 19.2 Å². The number of nitrogens with one attached hydrogen (secondary N) is 3. The Morgan fingerprint density at radius 2 is 1.48 bits per heavy atom. The molecule has 6 atom stereocenters. The van der Waals surface area contributed by atoms with Crippen LogP contribution >= 0.6 is 0 Å². The molecule has 1 aromatic rings. The fourth-order valence-corrected chi connectivity index (χ4v) is 5.14. The third-order valence-corrected chi connectivity index (χ3v) is 7.87. The molecule has 0 unspecified atom stereocenters. The van der Waals surface area contributed by atoms with Crippen LogP contribution in [0.4, 0.5) is 0 Å². The van der Waals surface area contributed by atoms with Gasteiger partial charge in [0.1, 0.15) is 12.1 Å². The summed E-state index contributed by atoms with van der Waals surface area (Å²) in [5.41, 5.74) is 8.06. The number of methoxy groups -OCH3 is 1. The monoisotopic (exact) mass is 585 g/mol. The van der Waals surface area contributed by atoms with Crippen molar-refractivity contribution in [1.82, 2.24) is 20.9 Å². The Hall–Kier alpha value is -3.24. The van der Waals surface area contributed by atoms with E-state index in [1.807, 2.05) is 59.7 Å². The normalized spacial score (nSPS) is 19.5. The predicted octanol–water partition coefficient (Wildman–Crippen LogP) is 2.17. The minimum atomic E-state index is -0.819. The number of hydrogen-bond donors (Lipinski definition) is 4. The molecule has 0 spiro atoms. The van der Waals surface area contributed by atoms with Gasteiger partial charge < -0.3 is 26.4 Å². The van der Waals surface area contributed by atoms with Crippen molar-refractivity contribution in [3.8, 4) is 0 Å². The van der Waals surface area contributed by atoms with Crippen LogP contribution in [0.3, 0.4) is 0 Å². The van der Waals surface area contributed by atoms with Crippen molar-refractivity contribution < 1.29 is 23.9 Å². The van der Waals surface area contributed by atoms with Gasteiger partial charge in [0.15, 0.2) is 0 Å². The predicted molar refractivity (Wildman–Crippen MR) is 164 cm³/mol. The van der Waals surface area contributed by atoms with E-state index in [4.69, 9.17) is 10.5 Å². The molecular weight excluding hydrogens is 534 g/mol. The van der Waals surface area contributed by atoms with Crippen LogP contribution < -0.4 is 21.7 Å². The lowest BCUT2D eigenvalue weighted by atomic mass is 9.94. The average Bonchev–Trinajstić information content (AvgIpc) is 3.16. The second-order valence-electron chi connectivity index (χ2n) is 12.1. The topological polar surface area (TPSA) is 143 Å². The standard InChI is InChI=1S/C32H51N5O5/c1-19(2)27(31(40)36-28(20(3)4)32(41)42-8)35-30(39)23(7)37-15-14-26(22(6)34-29(38)21(5)33)17-25(18-37)16-24-12-10-9-11-13-24/h9-13,17,19-23,25,27-28H,14-16,18,33H2,1-8H3,(H,34,38)(H,35,39)(H,36,40)/t21-,22-,23-,25-,27-,28-/m0/s1. The summed E-state index contributed by atoms with van der Waals surface area (Å²) in [4.78, 5) is 53.4. The molecule has 1 heterocycles. The Kier molecular flexibility index (Phi) is 13.7. The quantitative estimate of drug-likeness (QED) is 0.205. The lowest BCUT2D eigenvalue weighted by molar-refractivity contribution is -0.147. The van der Waals surface area contributed by atoms with Crippen molar-refractivity contribution in [2.24, 2.45) is 23.5 Å². The lowest BCUT2D eigenvalue weighted by Crippen LogP contribution is -2.58. The van der Waals surface area contributed by atoms with E-state index in [0.717, 1.165) is 12.0 Å². The van der Waals surface area contributed by atoms with Crippen LogP contribution in [0.25, 0.3) is 0 Å². The van der Waals surface area contributed by atoms with Crippen LogP contribution in [0.1, 0.15) is 60.5 Å². The molecule has 0 aromatic heterocycles. The van der Waals surface area contributed by atoms with E-state index >= 15 is 0 Å². The van der Waals surface area contributed by atoms with Gasteiger partial charge in [-0.15, -0.1) is 0 Å². The van der Waals surface area contributed by atoms with Crippen molar-refractivity contribution in [3.63, 3.8) is 0 Å². The highest BCUT2D eigenvalue weighted by Crippen LogP contribution is 2.23. The molecule has 2 rings (SSSR count). The first-order valence-corrected chi connectivity index (χ1v) is 15.0. The minimum absolute atomic E-state index is 0.103. The van der Waals surface area contributed by atoms with Crippen molar-refractivity contribution >= 4 is 23.7 Å². The van der Waals surface area contributed by atoms with E-state index in [2.05, 4.69) is 39.1 Å². The number of esters is 1. The molecular formula is C32H51N5O5. The molecule has 0 bridgehead atoms. The first kappa shape index (κ1) is 35.0. The summed E-state index contributed by atoms with van der Waals surface area (Å²) in [5.74, 6) is -1.69. The molecule has 5 N–H and O–H groups in total. The zero-order chi connectivity index (χ0) is 31.6. The Labute approximate surface area is 251 Å². The molecule has 10 nitrogen and oxygen atoms in total. The van der Waals surface area contributed by atoms with Gasteiger partial charge in [-0.05, 0) is 56.9 Å². The summed E-state index contributed by atoms with van der Waals surface area (Å²) in [6.07, 6.45) is 3.68. The van der Waals surface area contributed by atoms with Gasteiger partial charge in [-0.2, -0.15) is 0 Å². The van der Waals surface area contributed by atoms with Crippen molar-refractivity contribution in [2.75, 3.05) is 20.2 Å². The van der Waals surface area contributed by atoms with Gasteiger partial charge in [0.25, 0.3) is 0 Å². The third-order valence-electron chi connectivity index (χ3n) is 7.87. The SMILES string of the molecule is COC(=O)[C@@H](NC(=O)[C@@H](NC(=O)[C@H](C)N1CCC([C@H](C)NC(=O)[C@H](C)N)=C[C@H](Cc2ccccc2)C1)C(C)C)C(C)C. The van der Waals surface area contributed by atoms with E-state index < -0.39 is 36.0 Å². The van der Waals surface area contributed by atoms with E-state index in [0.29, 0.717) is 19.5 Å². The van der Waals surface area contributed by atoms with Gasteiger partial charge in [0, 0.05) is 19.1 Å². The molecule has 42 heavy (non-hydrogen) atoms. The Morgan fingerprint density at radius 1 is 0.881 bits per heavy atom. The Balaban J connectivity index is 2.21. The minimum Gasteiger partial charge on any atom is -0.467 e. The highest BCUT2D eigenvalue weighted by Gasteiger charge is 2.34. The average molecular weight is 586 g/mol. The summed E-state index contributed by atoms with van der Waals surface area (Å²) in [6.45, 7) is 14.1. The molecule has 234 valence electrons. The number of carbonyl (C=O) groups is 4. The van der Waals surface area contributed by atoms with E-state index in [1.165, 1.54) is 12.7 Å². The zero-order valence-electron chi connectivity index (χ0n) is 26.5. The van der Waals surface area contributed by atoms with Crippen LogP contribution in [0, 0.1) is 17.8 Å². The number of amides is 3. The van der Waals surface area contributed by atoms with Gasteiger partial charge in [-0.3, -0.25) is 19.3 Å².